The molecule has 2 amide bonds. The number of halogens is 1. The van der Waals surface area contributed by atoms with Gasteiger partial charge in [0.25, 0.3) is 11.8 Å². The molecule has 0 aliphatic rings. The predicted molar refractivity (Wildman–Crippen MR) is 103 cm³/mol. The second-order valence-electron chi connectivity index (χ2n) is 6.61. The Labute approximate surface area is 163 Å². The minimum atomic E-state index is -1.07. The largest absolute Gasteiger partial charge is 0.451 e. The lowest BCUT2D eigenvalue weighted by Crippen LogP contribution is -2.47. The zero-order valence-corrected chi connectivity index (χ0v) is 15.9. The zero-order valence-electron chi connectivity index (χ0n) is 15.9. The summed E-state index contributed by atoms with van der Waals surface area (Å²) in [6, 6.07) is 13.2. The minimum absolute atomic E-state index is 0.171. The van der Waals surface area contributed by atoms with Crippen molar-refractivity contribution in [1.29, 1.82) is 0 Å². The fraction of sp³-hybridized carbons (Fsp3) is 0.286. The van der Waals surface area contributed by atoms with E-state index in [-0.39, 0.29) is 11.5 Å². The Balaban J connectivity index is 2.01. The molecule has 0 aromatic heterocycles. The SMILES string of the molecule is CC(C)[C@H](NC(=O)c1ccccc1F)C(=O)O[C@@H](C)C(=O)Nc1ccccc1. The maximum Gasteiger partial charge on any atom is 0.329 e. The Morgan fingerprint density at radius 2 is 1.54 bits per heavy atom. The van der Waals surface area contributed by atoms with E-state index in [1.54, 1.807) is 38.1 Å². The highest BCUT2D eigenvalue weighted by Gasteiger charge is 2.29. The normalized spacial score (nSPS) is 12.8. The number of benzene rings is 2. The van der Waals surface area contributed by atoms with Gasteiger partial charge < -0.3 is 15.4 Å². The Hall–Kier alpha value is -3.22. The average Bonchev–Trinajstić information content (AvgIpc) is 2.66. The van der Waals surface area contributed by atoms with Crippen LogP contribution in [-0.4, -0.2) is 29.9 Å². The Bertz CT molecular complexity index is 839. The van der Waals surface area contributed by atoms with Crippen LogP contribution in [0.3, 0.4) is 0 Å². The fourth-order valence-corrected chi connectivity index (χ4v) is 2.43. The maximum atomic E-state index is 13.8. The molecule has 0 saturated carbocycles. The standard InChI is InChI=1S/C21H23FN2O4/c1-13(2)18(24-20(26)16-11-7-8-12-17(16)22)21(27)28-14(3)19(25)23-15-9-5-4-6-10-15/h4-14,18H,1-3H3,(H,23,25)(H,24,26)/t14-,18-/m0/s1. The van der Waals surface area contributed by atoms with Crippen molar-refractivity contribution >= 4 is 23.5 Å². The van der Waals surface area contributed by atoms with Gasteiger partial charge in [0.15, 0.2) is 6.10 Å². The zero-order chi connectivity index (χ0) is 20.7. The molecule has 0 aliphatic heterocycles. The summed E-state index contributed by atoms with van der Waals surface area (Å²) in [6.07, 6.45) is -1.07. The molecular weight excluding hydrogens is 363 g/mol. The Kier molecular flexibility index (Phi) is 7.26. The van der Waals surface area contributed by atoms with Gasteiger partial charge in [-0.1, -0.05) is 44.2 Å². The number of carbonyl (C=O) groups is 3. The first kappa shape index (κ1) is 21.1. The maximum absolute atomic E-state index is 13.8. The van der Waals surface area contributed by atoms with Gasteiger partial charge in [-0.25, -0.2) is 9.18 Å². The summed E-state index contributed by atoms with van der Waals surface area (Å²) in [7, 11) is 0. The van der Waals surface area contributed by atoms with Crippen LogP contribution in [0.5, 0.6) is 0 Å². The number of hydrogen-bond acceptors (Lipinski definition) is 4. The molecule has 0 heterocycles. The van der Waals surface area contributed by atoms with E-state index in [9.17, 15) is 18.8 Å². The van der Waals surface area contributed by atoms with Gasteiger partial charge in [-0.05, 0) is 37.1 Å². The molecular formula is C21H23FN2O4. The highest BCUT2D eigenvalue weighted by molar-refractivity contribution is 5.98. The Morgan fingerprint density at radius 1 is 0.929 bits per heavy atom. The highest BCUT2D eigenvalue weighted by atomic mass is 19.1. The van der Waals surface area contributed by atoms with E-state index in [1.165, 1.54) is 25.1 Å². The van der Waals surface area contributed by atoms with Crippen molar-refractivity contribution in [2.45, 2.75) is 32.9 Å². The molecule has 2 rings (SSSR count). The molecule has 0 spiro atoms. The van der Waals surface area contributed by atoms with E-state index in [2.05, 4.69) is 10.6 Å². The lowest BCUT2D eigenvalue weighted by Gasteiger charge is -2.23. The lowest BCUT2D eigenvalue weighted by molar-refractivity contribution is -0.156. The molecule has 0 unspecified atom stereocenters. The number of rotatable bonds is 7. The summed E-state index contributed by atoms with van der Waals surface area (Å²) in [4.78, 5) is 37.0. The summed E-state index contributed by atoms with van der Waals surface area (Å²) < 4.78 is 19.0. The number of anilines is 1. The second kappa shape index (κ2) is 9.64. The van der Waals surface area contributed by atoms with Crippen LogP contribution in [0.2, 0.25) is 0 Å². The van der Waals surface area contributed by atoms with Crippen LogP contribution in [0, 0.1) is 11.7 Å². The number of hydrogen-bond donors (Lipinski definition) is 2. The third-order valence-electron chi connectivity index (χ3n) is 4.03. The monoisotopic (exact) mass is 386 g/mol. The topological polar surface area (TPSA) is 84.5 Å². The van der Waals surface area contributed by atoms with Gasteiger partial charge in [-0.2, -0.15) is 0 Å². The second-order valence-corrected chi connectivity index (χ2v) is 6.61. The summed E-state index contributed by atoms with van der Waals surface area (Å²) in [5, 5.41) is 5.12. The molecule has 7 heteroatoms. The molecule has 6 nitrogen and oxygen atoms in total. The van der Waals surface area contributed by atoms with Crippen LogP contribution < -0.4 is 10.6 Å². The number of carbonyl (C=O) groups excluding carboxylic acids is 3. The van der Waals surface area contributed by atoms with Gasteiger partial charge >= 0.3 is 5.97 Å². The van der Waals surface area contributed by atoms with Crippen molar-refractivity contribution in [2.24, 2.45) is 5.92 Å². The minimum Gasteiger partial charge on any atom is -0.451 e. The van der Waals surface area contributed by atoms with Crippen molar-refractivity contribution in [2.75, 3.05) is 5.32 Å². The number of ether oxygens (including phenoxy) is 1. The van der Waals surface area contributed by atoms with Gasteiger partial charge in [0.05, 0.1) is 5.56 Å². The van der Waals surface area contributed by atoms with E-state index in [1.807, 2.05) is 6.07 Å². The molecule has 0 fully saturated rings. The molecule has 2 N–H and O–H groups in total. The van der Waals surface area contributed by atoms with Crippen molar-refractivity contribution in [1.82, 2.24) is 5.32 Å². The van der Waals surface area contributed by atoms with Gasteiger partial charge in [0.2, 0.25) is 0 Å². The van der Waals surface area contributed by atoms with E-state index >= 15 is 0 Å². The van der Waals surface area contributed by atoms with Crippen molar-refractivity contribution < 1.29 is 23.5 Å². The molecule has 2 aromatic carbocycles. The molecule has 0 saturated heterocycles. The fourth-order valence-electron chi connectivity index (χ4n) is 2.43. The molecule has 2 aromatic rings. The first-order chi connectivity index (χ1) is 13.3. The van der Waals surface area contributed by atoms with E-state index in [0.29, 0.717) is 5.69 Å². The van der Waals surface area contributed by atoms with E-state index in [4.69, 9.17) is 4.74 Å². The van der Waals surface area contributed by atoms with Crippen LogP contribution in [0.4, 0.5) is 10.1 Å². The smallest absolute Gasteiger partial charge is 0.329 e. The Morgan fingerprint density at radius 3 is 2.14 bits per heavy atom. The van der Waals surface area contributed by atoms with Crippen molar-refractivity contribution in [3.63, 3.8) is 0 Å². The van der Waals surface area contributed by atoms with Gasteiger partial charge in [-0.15, -0.1) is 0 Å². The summed E-state index contributed by atoms with van der Waals surface area (Å²) >= 11 is 0. The molecule has 28 heavy (non-hydrogen) atoms. The summed E-state index contributed by atoms with van der Waals surface area (Å²) in [6.45, 7) is 4.86. The van der Waals surface area contributed by atoms with E-state index < -0.39 is 35.7 Å². The summed E-state index contributed by atoms with van der Waals surface area (Å²) in [5.74, 6) is -3.01. The molecule has 0 aliphatic carbocycles. The number of para-hydroxylation sites is 1. The highest BCUT2D eigenvalue weighted by Crippen LogP contribution is 2.12. The van der Waals surface area contributed by atoms with Gasteiger partial charge in [-0.3, -0.25) is 9.59 Å². The van der Waals surface area contributed by atoms with Crippen LogP contribution in [0.1, 0.15) is 31.1 Å². The van der Waals surface area contributed by atoms with Crippen molar-refractivity contribution in [3.8, 4) is 0 Å². The van der Waals surface area contributed by atoms with Crippen LogP contribution in [0.15, 0.2) is 54.6 Å². The summed E-state index contributed by atoms with van der Waals surface area (Å²) in [5.41, 5.74) is 0.402. The molecule has 148 valence electrons. The lowest BCUT2D eigenvalue weighted by atomic mass is 10.0. The third-order valence-corrected chi connectivity index (χ3v) is 4.03. The number of nitrogens with one attached hydrogen (secondary N) is 2. The number of amides is 2. The number of esters is 1. The first-order valence-corrected chi connectivity index (χ1v) is 8.91. The quantitative estimate of drug-likeness (QED) is 0.716. The van der Waals surface area contributed by atoms with Crippen LogP contribution in [-0.2, 0) is 14.3 Å². The predicted octanol–water partition coefficient (Wildman–Crippen LogP) is 3.15. The van der Waals surface area contributed by atoms with Crippen LogP contribution in [0.25, 0.3) is 0 Å². The van der Waals surface area contributed by atoms with Gasteiger partial charge in [0, 0.05) is 5.69 Å². The van der Waals surface area contributed by atoms with Crippen molar-refractivity contribution in [3.05, 3.63) is 66.0 Å². The van der Waals surface area contributed by atoms with Crippen LogP contribution >= 0.6 is 0 Å². The third kappa shape index (κ3) is 5.64. The molecule has 0 radical (unpaired) electrons. The average molecular weight is 386 g/mol. The molecule has 0 bridgehead atoms. The van der Waals surface area contributed by atoms with E-state index in [0.717, 1.165) is 6.07 Å². The van der Waals surface area contributed by atoms with Gasteiger partial charge in [0.1, 0.15) is 11.9 Å². The molecule has 2 atom stereocenters. The first-order valence-electron chi connectivity index (χ1n) is 8.91.